The molecule has 0 fully saturated rings. The molecule has 2 N–H and O–H groups in total. The molecule has 6 rings (SSSR count). The van der Waals surface area contributed by atoms with Crippen LogP contribution in [-0.4, -0.2) is 36.5 Å². The number of Topliss-reactive ketones (excluding diaryl/α,β-unsaturated/α-hetero) is 2. The third-order valence-corrected chi connectivity index (χ3v) is 8.45. The van der Waals surface area contributed by atoms with Crippen LogP contribution >= 0.6 is 0 Å². The molecule has 50 heavy (non-hydrogen) atoms. The highest BCUT2D eigenvalue weighted by Crippen LogP contribution is 2.34. The molecule has 0 saturated carbocycles. The van der Waals surface area contributed by atoms with Crippen LogP contribution in [0.4, 0.5) is 0 Å². The van der Waals surface area contributed by atoms with Crippen LogP contribution in [0.5, 0.6) is 0 Å². The third kappa shape index (κ3) is 7.39. The van der Waals surface area contributed by atoms with Crippen LogP contribution in [0, 0.1) is 13.8 Å². The lowest BCUT2D eigenvalue weighted by atomic mass is 9.96. The zero-order valence-electron chi connectivity index (χ0n) is 27.8. The van der Waals surface area contributed by atoms with E-state index in [0.29, 0.717) is 56.4 Å². The number of rotatable bonds is 13. The highest BCUT2D eigenvalue weighted by molar-refractivity contribution is 6.05. The van der Waals surface area contributed by atoms with E-state index in [2.05, 4.69) is 10.6 Å². The molecule has 8 heteroatoms. The summed E-state index contributed by atoms with van der Waals surface area (Å²) < 4.78 is 12.2. The summed E-state index contributed by atoms with van der Waals surface area (Å²) in [5.74, 6) is 0.583. The van der Waals surface area contributed by atoms with Gasteiger partial charge in [0.25, 0.3) is 11.8 Å². The summed E-state index contributed by atoms with van der Waals surface area (Å²) in [7, 11) is 0. The minimum absolute atomic E-state index is 0.0287. The van der Waals surface area contributed by atoms with Crippen LogP contribution < -0.4 is 10.6 Å². The van der Waals surface area contributed by atoms with Crippen molar-refractivity contribution in [2.75, 3.05) is 13.1 Å². The fourth-order valence-electron chi connectivity index (χ4n) is 6.06. The van der Waals surface area contributed by atoms with E-state index in [1.54, 1.807) is 62.4 Å². The highest BCUT2D eigenvalue weighted by Gasteiger charge is 2.28. The standard InChI is InChI=1S/C42H36N2O6/c1-27-37(33(25-35(45)29-15-7-3-8-16-29)39(49-27)31-19-11-5-12-20-31)41(47)43-23-24-44-42(48)38-28(2)50-40(32-21-13-6-14-22-32)34(38)26-36(46)30-17-9-4-10-18-30/h3-22H,23-26H2,1-2H3,(H,43,47)(H,44,48). The first-order valence-electron chi connectivity index (χ1n) is 16.4. The van der Waals surface area contributed by atoms with Crippen LogP contribution in [-0.2, 0) is 12.8 Å². The lowest BCUT2D eigenvalue weighted by molar-refractivity contribution is 0.0923. The van der Waals surface area contributed by atoms with Gasteiger partial charge in [-0.05, 0) is 13.8 Å². The van der Waals surface area contributed by atoms with Gasteiger partial charge in [0.1, 0.15) is 23.0 Å². The Morgan fingerprint density at radius 1 is 0.480 bits per heavy atom. The average molecular weight is 665 g/mol. The Morgan fingerprint density at radius 3 is 1.14 bits per heavy atom. The molecule has 4 aromatic carbocycles. The zero-order chi connectivity index (χ0) is 35.0. The van der Waals surface area contributed by atoms with Gasteiger partial charge >= 0.3 is 0 Å². The van der Waals surface area contributed by atoms with Gasteiger partial charge in [-0.2, -0.15) is 0 Å². The van der Waals surface area contributed by atoms with E-state index in [1.807, 2.05) is 72.8 Å². The molecular weight excluding hydrogens is 628 g/mol. The van der Waals surface area contributed by atoms with Crippen molar-refractivity contribution in [3.63, 3.8) is 0 Å². The quantitative estimate of drug-likeness (QED) is 0.0960. The lowest BCUT2D eigenvalue weighted by Crippen LogP contribution is -2.35. The monoisotopic (exact) mass is 664 g/mol. The largest absolute Gasteiger partial charge is 0.460 e. The van der Waals surface area contributed by atoms with Gasteiger partial charge in [-0.25, -0.2) is 0 Å². The van der Waals surface area contributed by atoms with Gasteiger partial charge in [0.2, 0.25) is 0 Å². The van der Waals surface area contributed by atoms with E-state index >= 15 is 0 Å². The number of amides is 2. The summed E-state index contributed by atoms with van der Waals surface area (Å²) in [5, 5.41) is 5.75. The molecule has 0 aliphatic carbocycles. The van der Waals surface area contributed by atoms with Crippen LogP contribution in [0.1, 0.15) is 64.1 Å². The summed E-state index contributed by atoms with van der Waals surface area (Å²) in [5.41, 5.74) is 4.16. The SMILES string of the molecule is Cc1oc(-c2ccccc2)c(CC(=O)c2ccccc2)c1C(=O)NCCNC(=O)c1c(C)oc(-c2ccccc2)c1CC(=O)c1ccccc1. The zero-order valence-corrected chi connectivity index (χ0v) is 27.8. The average Bonchev–Trinajstić information content (AvgIpc) is 3.66. The van der Waals surface area contributed by atoms with Crippen LogP contribution in [0.25, 0.3) is 22.6 Å². The normalized spacial score (nSPS) is 10.8. The van der Waals surface area contributed by atoms with Gasteiger partial charge < -0.3 is 19.5 Å². The summed E-state index contributed by atoms with van der Waals surface area (Å²) >= 11 is 0. The van der Waals surface area contributed by atoms with Crippen molar-refractivity contribution in [2.24, 2.45) is 0 Å². The van der Waals surface area contributed by atoms with E-state index in [1.165, 1.54) is 0 Å². The van der Waals surface area contributed by atoms with Gasteiger partial charge in [0.05, 0.1) is 11.1 Å². The van der Waals surface area contributed by atoms with Gasteiger partial charge in [-0.1, -0.05) is 121 Å². The molecule has 0 spiro atoms. The molecular formula is C42H36N2O6. The van der Waals surface area contributed by atoms with Crippen molar-refractivity contribution >= 4 is 23.4 Å². The summed E-state index contributed by atoms with van der Waals surface area (Å²) in [6.07, 6.45) is -0.0574. The Morgan fingerprint density at radius 2 is 0.800 bits per heavy atom. The van der Waals surface area contributed by atoms with Crippen LogP contribution in [0.3, 0.4) is 0 Å². The number of nitrogens with one attached hydrogen (secondary N) is 2. The predicted molar refractivity (Wildman–Crippen MR) is 191 cm³/mol. The fourth-order valence-corrected chi connectivity index (χ4v) is 6.06. The molecule has 8 nitrogen and oxygen atoms in total. The molecule has 0 aliphatic heterocycles. The van der Waals surface area contributed by atoms with E-state index in [-0.39, 0.29) is 37.5 Å². The Balaban J connectivity index is 1.19. The Hall–Kier alpha value is -6.28. The molecule has 2 heterocycles. The molecule has 250 valence electrons. The summed E-state index contributed by atoms with van der Waals surface area (Å²) in [6.45, 7) is 3.60. The van der Waals surface area contributed by atoms with Crippen LogP contribution in [0.15, 0.2) is 130 Å². The predicted octanol–water partition coefficient (Wildman–Crippen LogP) is 7.83. The van der Waals surface area contributed by atoms with E-state index in [0.717, 1.165) is 11.1 Å². The molecule has 2 aromatic heterocycles. The second kappa shape index (κ2) is 15.3. The second-order valence-corrected chi connectivity index (χ2v) is 11.9. The number of benzene rings is 4. The Labute approximate surface area is 290 Å². The first-order chi connectivity index (χ1) is 24.3. The highest BCUT2D eigenvalue weighted by atomic mass is 16.3. The fraction of sp³-hybridized carbons (Fsp3) is 0.143. The first-order valence-corrected chi connectivity index (χ1v) is 16.4. The topological polar surface area (TPSA) is 119 Å². The number of carbonyl (C=O) groups is 4. The van der Waals surface area contributed by atoms with E-state index < -0.39 is 11.8 Å². The molecule has 0 radical (unpaired) electrons. The second-order valence-electron chi connectivity index (χ2n) is 11.9. The van der Waals surface area contributed by atoms with Crippen molar-refractivity contribution in [2.45, 2.75) is 26.7 Å². The van der Waals surface area contributed by atoms with Crippen molar-refractivity contribution in [1.29, 1.82) is 0 Å². The van der Waals surface area contributed by atoms with Crippen LogP contribution in [0.2, 0.25) is 0 Å². The van der Waals surface area contributed by atoms with Gasteiger partial charge in [0, 0.05) is 59.3 Å². The molecule has 0 atom stereocenters. The van der Waals surface area contributed by atoms with Gasteiger partial charge in [-0.15, -0.1) is 0 Å². The maximum absolute atomic E-state index is 13.6. The number of carbonyl (C=O) groups excluding carboxylic acids is 4. The van der Waals surface area contributed by atoms with Crippen molar-refractivity contribution in [3.05, 3.63) is 166 Å². The van der Waals surface area contributed by atoms with E-state index in [9.17, 15) is 19.2 Å². The molecule has 0 saturated heterocycles. The smallest absolute Gasteiger partial charge is 0.255 e. The van der Waals surface area contributed by atoms with Gasteiger partial charge in [0.15, 0.2) is 11.6 Å². The number of ketones is 2. The Bertz CT molecular complexity index is 1980. The van der Waals surface area contributed by atoms with Crippen molar-refractivity contribution in [1.82, 2.24) is 10.6 Å². The first kappa shape index (κ1) is 33.6. The maximum Gasteiger partial charge on any atom is 0.255 e. The van der Waals surface area contributed by atoms with Crippen molar-refractivity contribution < 1.29 is 28.0 Å². The lowest BCUT2D eigenvalue weighted by Gasteiger charge is -2.10. The maximum atomic E-state index is 13.6. The number of hydrogen-bond acceptors (Lipinski definition) is 6. The number of furan rings is 2. The minimum atomic E-state index is -0.418. The molecule has 6 aromatic rings. The molecule has 0 bridgehead atoms. The third-order valence-electron chi connectivity index (χ3n) is 8.45. The molecule has 2 amide bonds. The van der Waals surface area contributed by atoms with Gasteiger partial charge in [-0.3, -0.25) is 19.2 Å². The number of aryl methyl sites for hydroxylation is 2. The Kier molecular flexibility index (Phi) is 10.3. The van der Waals surface area contributed by atoms with Crippen molar-refractivity contribution in [3.8, 4) is 22.6 Å². The number of hydrogen-bond donors (Lipinski definition) is 2. The summed E-state index contributed by atoms with van der Waals surface area (Å²) in [6, 6.07) is 36.6. The molecule has 0 unspecified atom stereocenters. The minimum Gasteiger partial charge on any atom is -0.460 e. The van der Waals surface area contributed by atoms with E-state index in [4.69, 9.17) is 8.83 Å². The summed E-state index contributed by atoms with van der Waals surface area (Å²) in [4.78, 5) is 53.9. The molecule has 0 aliphatic rings.